The van der Waals surface area contributed by atoms with Gasteiger partial charge in [0.1, 0.15) is 19.3 Å². The minimum Gasteiger partial charge on any atom is -0.486 e. The third-order valence-corrected chi connectivity index (χ3v) is 2.60. The highest BCUT2D eigenvalue weighted by Gasteiger charge is 2.17. The SMILES string of the molecule is COC(CN)C(=O)Nc1ccc2c(c1)OCCO2.Cl. The summed E-state index contributed by atoms with van der Waals surface area (Å²) >= 11 is 0. The molecule has 1 atom stereocenters. The molecule has 3 N–H and O–H groups in total. The van der Waals surface area contributed by atoms with Crippen molar-refractivity contribution >= 4 is 24.0 Å². The minimum absolute atomic E-state index is 0. The molecule has 1 aliphatic heterocycles. The first-order valence-corrected chi connectivity index (χ1v) is 5.68. The van der Waals surface area contributed by atoms with E-state index in [2.05, 4.69) is 5.32 Å². The van der Waals surface area contributed by atoms with Gasteiger partial charge in [-0.3, -0.25) is 4.79 Å². The first-order valence-electron chi connectivity index (χ1n) is 5.68. The number of rotatable bonds is 4. The van der Waals surface area contributed by atoms with E-state index in [4.69, 9.17) is 19.9 Å². The highest BCUT2D eigenvalue weighted by atomic mass is 35.5. The second kappa shape index (κ2) is 7.18. The lowest BCUT2D eigenvalue weighted by atomic mass is 10.2. The largest absolute Gasteiger partial charge is 0.486 e. The Morgan fingerprint density at radius 3 is 2.74 bits per heavy atom. The number of nitrogens with two attached hydrogens (primary N) is 1. The van der Waals surface area contributed by atoms with Crippen LogP contribution in [0.15, 0.2) is 18.2 Å². The number of carbonyl (C=O) groups is 1. The quantitative estimate of drug-likeness (QED) is 0.856. The number of hydrogen-bond donors (Lipinski definition) is 2. The second-order valence-corrected chi connectivity index (χ2v) is 3.81. The number of hydrogen-bond acceptors (Lipinski definition) is 5. The summed E-state index contributed by atoms with van der Waals surface area (Å²) in [5.41, 5.74) is 6.04. The van der Waals surface area contributed by atoms with Crippen molar-refractivity contribution < 1.29 is 19.0 Å². The van der Waals surface area contributed by atoms with Gasteiger partial charge >= 0.3 is 0 Å². The normalized spacial score (nSPS) is 14.2. The number of halogens is 1. The van der Waals surface area contributed by atoms with Crippen molar-refractivity contribution in [2.45, 2.75) is 6.10 Å². The third-order valence-electron chi connectivity index (χ3n) is 2.60. The number of ether oxygens (including phenoxy) is 3. The Hall–Kier alpha value is -1.50. The topological polar surface area (TPSA) is 82.8 Å². The highest BCUT2D eigenvalue weighted by Crippen LogP contribution is 2.32. The molecule has 19 heavy (non-hydrogen) atoms. The van der Waals surface area contributed by atoms with Crippen LogP contribution in [0.2, 0.25) is 0 Å². The molecule has 2 rings (SSSR count). The molecule has 1 aromatic rings. The van der Waals surface area contributed by atoms with Gasteiger partial charge in [-0.2, -0.15) is 0 Å². The molecule has 1 amide bonds. The van der Waals surface area contributed by atoms with Crippen LogP contribution in [-0.2, 0) is 9.53 Å². The van der Waals surface area contributed by atoms with E-state index in [-0.39, 0.29) is 24.9 Å². The van der Waals surface area contributed by atoms with Gasteiger partial charge in [0.15, 0.2) is 11.5 Å². The summed E-state index contributed by atoms with van der Waals surface area (Å²) in [4.78, 5) is 11.8. The maximum absolute atomic E-state index is 11.8. The lowest BCUT2D eigenvalue weighted by molar-refractivity contribution is -0.125. The van der Waals surface area contributed by atoms with Gasteiger partial charge in [0, 0.05) is 25.4 Å². The Balaban J connectivity index is 0.00000180. The van der Waals surface area contributed by atoms with Crippen molar-refractivity contribution in [3.8, 4) is 11.5 Å². The fourth-order valence-electron chi connectivity index (χ4n) is 1.65. The Bertz CT molecular complexity index is 438. The summed E-state index contributed by atoms with van der Waals surface area (Å²) in [7, 11) is 1.45. The van der Waals surface area contributed by atoms with E-state index in [1.54, 1.807) is 18.2 Å². The zero-order valence-electron chi connectivity index (χ0n) is 10.5. The summed E-state index contributed by atoms with van der Waals surface area (Å²) in [6.45, 7) is 1.18. The number of anilines is 1. The van der Waals surface area contributed by atoms with Gasteiger partial charge in [0.2, 0.25) is 0 Å². The van der Waals surface area contributed by atoms with Crippen LogP contribution >= 0.6 is 12.4 Å². The number of fused-ring (bicyclic) bond motifs is 1. The molecule has 0 saturated carbocycles. The molecule has 0 bridgehead atoms. The van der Waals surface area contributed by atoms with Crippen LogP contribution in [-0.4, -0.2) is 38.9 Å². The maximum atomic E-state index is 11.8. The predicted molar refractivity (Wildman–Crippen MR) is 73.2 cm³/mol. The summed E-state index contributed by atoms with van der Waals surface area (Å²) in [5, 5.41) is 2.71. The zero-order valence-corrected chi connectivity index (χ0v) is 11.4. The molecule has 0 aromatic heterocycles. The first-order chi connectivity index (χ1) is 8.74. The molecule has 0 aliphatic carbocycles. The predicted octanol–water partition coefficient (Wildman–Crippen LogP) is 0.792. The van der Waals surface area contributed by atoms with Gasteiger partial charge in [-0.25, -0.2) is 0 Å². The van der Waals surface area contributed by atoms with Gasteiger partial charge in [0.05, 0.1) is 0 Å². The van der Waals surface area contributed by atoms with Crippen molar-refractivity contribution in [3.63, 3.8) is 0 Å². The zero-order chi connectivity index (χ0) is 13.0. The summed E-state index contributed by atoms with van der Waals surface area (Å²) in [6, 6.07) is 5.22. The number of amides is 1. The Morgan fingerprint density at radius 2 is 2.11 bits per heavy atom. The van der Waals surface area contributed by atoms with Gasteiger partial charge in [-0.1, -0.05) is 0 Å². The summed E-state index contributed by atoms with van der Waals surface area (Å²) in [6.07, 6.45) is -0.654. The lowest BCUT2D eigenvalue weighted by Crippen LogP contribution is -2.35. The fraction of sp³-hybridized carbons (Fsp3) is 0.417. The van der Waals surface area contributed by atoms with Crippen molar-refractivity contribution in [1.29, 1.82) is 0 Å². The molecule has 1 heterocycles. The van der Waals surface area contributed by atoms with Crippen LogP contribution in [0, 0.1) is 0 Å². The maximum Gasteiger partial charge on any atom is 0.254 e. The molecule has 6 nitrogen and oxygen atoms in total. The van der Waals surface area contributed by atoms with E-state index in [0.717, 1.165) is 0 Å². The fourth-order valence-corrected chi connectivity index (χ4v) is 1.65. The van der Waals surface area contributed by atoms with E-state index in [1.165, 1.54) is 7.11 Å². The first kappa shape index (κ1) is 15.6. The molecule has 7 heteroatoms. The molecule has 0 saturated heterocycles. The van der Waals surface area contributed by atoms with Crippen molar-refractivity contribution in [1.82, 2.24) is 0 Å². The second-order valence-electron chi connectivity index (χ2n) is 3.81. The molecule has 1 unspecified atom stereocenters. The minimum atomic E-state index is -0.654. The Labute approximate surface area is 117 Å². The lowest BCUT2D eigenvalue weighted by Gasteiger charge is -2.19. The third kappa shape index (κ3) is 3.73. The summed E-state index contributed by atoms with van der Waals surface area (Å²) in [5.74, 6) is 1.03. The van der Waals surface area contributed by atoms with Crippen LogP contribution < -0.4 is 20.5 Å². The summed E-state index contributed by atoms with van der Waals surface area (Å²) < 4.78 is 15.8. The van der Waals surface area contributed by atoms with E-state index >= 15 is 0 Å². The van der Waals surface area contributed by atoms with Crippen molar-refractivity contribution in [2.24, 2.45) is 5.73 Å². The van der Waals surface area contributed by atoms with Gasteiger partial charge in [-0.15, -0.1) is 12.4 Å². The van der Waals surface area contributed by atoms with Gasteiger partial charge in [-0.05, 0) is 12.1 Å². The van der Waals surface area contributed by atoms with Gasteiger partial charge in [0.25, 0.3) is 5.91 Å². The smallest absolute Gasteiger partial charge is 0.254 e. The van der Waals surface area contributed by atoms with E-state index < -0.39 is 6.10 Å². The molecule has 1 aliphatic rings. The standard InChI is InChI=1S/C12H16N2O4.ClH/c1-16-11(7-13)12(15)14-8-2-3-9-10(6-8)18-5-4-17-9;/h2-3,6,11H,4-5,7,13H2,1H3,(H,14,15);1H. The van der Waals surface area contributed by atoms with Crippen molar-refractivity contribution in [2.75, 3.05) is 32.2 Å². The average Bonchev–Trinajstić information content (AvgIpc) is 2.40. The molecular weight excluding hydrogens is 272 g/mol. The molecule has 0 fully saturated rings. The van der Waals surface area contributed by atoms with E-state index in [1.807, 2.05) is 0 Å². The van der Waals surface area contributed by atoms with Crippen LogP contribution in [0.1, 0.15) is 0 Å². The average molecular weight is 289 g/mol. The van der Waals surface area contributed by atoms with Crippen LogP contribution in [0.5, 0.6) is 11.5 Å². The van der Waals surface area contributed by atoms with E-state index in [0.29, 0.717) is 30.4 Å². The van der Waals surface area contributed by atoms with Gasteiger partial charge < -0.3 is 25.3 Å². The Morgan fingerprint density at radius 1 is 1.42 bits per heavy atom. The molecule has 1 aromatic carbocycles. The van der Waals surface area contributed by atoms with Crippen LogP contribution in [0.3, 0.4) is 0 Å². The van der Waals surface area contributed by atoms with Crippen LogP contribution in [0.4, 0.5) is 5.69 Å². The Kier molecular flexibility index (Phi) is 5.88. The number of carbonyl (C=O) groups excluding carboxylic acids is 1. The van der Waals surface area contributed by atoms with E-state index in [9.17, 15) is 4.79 Å². The van der Waals surface area contributed by atoms with Crippen LogP contribution in [0.25, 0.3) is 0 Å². The monoisotopic (exact) mass is 288 g/mol. The number of nitrogens with one attached hydrogen (secondary N) is 1. The number of methoxy groups -OCH3 is 1. The molecule has 0 radical (unpaired) electrons. The van der Waals surface area contributed by atoms with Crippen molar-refractivity contribution in [3.05, 3.63) is 18.2 Å². The molecule has 0 spiro atoms. The highest BCUT2D eigenvalue weighted by molar-refractivity contribution is 5.94. The number of benzene rings is 1. The molecule has 106 valence electrons. The molecular formula is C12H17ClN2O4.